The summed E-state index contributed by atoms with van der Waals surface area (Å²) in [5, 5.41) is 32.2. The topological polar surface area (TPSA) is 119 Å². The molecule has 0 radical (unpaired) electrons. The Hall–Kier alpha value is -2.44. The summed E-state index contributed by atoms with van der Waals surface area (Å²) in [6.07, 6.45) is 0.000305. The molecule has 0 saturated heterocycles. The minimum atomic E-state index is -1.18. The second-order valence-electron chi connectivity index (χ2n) is 3.92. The number of carboxylic acids is 1. The number of aromatic hydroxyl groups is 2. The summed E-state index contributed by atoms with van der Waals surface area (Å²) in [5.74, 6) is -1.80. The van der Waals surface area contributed by atoms with E-state index in [1.165, 1.54) is 18.2 Å². The average Bonchev–Trinajstić information content (AvgIpc) is 2.33. The fraction of sp³-hybridized carbons (Fsp3) is 0.333. The molecule has 104 valence electrons. The second-order valence-corrected chi connectivity index (χ2v) is 3.92. The number of phenols is 2. The highest BCUT2D eigenvalue weighted by Crippen LogP contribution is 2.25. The van der Waals surface area contributed by atoms with Gasteiger partial charge < -0.3 is 26.0 Å². The Kier molecular flexibility index (Phi) is 4.99. The van der Waals surface area contributed by atoms with Crippen molar-refractivity contribution >= 4 is 12.0 Å². The van der Waals surface area contributed by atoms with Crippen LogP contribution in [0, 0.1) is 0 Å². The van der Waals surface area contributed by atoms with Crippen molar-refractivity contribution in [2.24, 2.45) is 0 Å². The largest absolute Gasteiger partial charge is 0.504 e. The number of carbonyl (C=O) groups is 2. The van der Waals surface area contributed by atoms with E-state index in [-0.39, 0.29) is 17.9 Å². The van der Waals surface area contributed by atoms with Crippen LogP contribution < -0.4 is 10.6 Å². The van der Waals surface area contributed by atoms with E-state index in [2.05, 4.69) is 10.6 Å². The molecular weight excluding hydrogens is 252 g/mol. The first-order valence-corrected chi connectivity index (χ1v) is 5.72. The summed E-state index contributed by atoms with van der Waals surface area (Å²) in [6.45, 7) is 2.10. The van der Waals surface area contributed by atoms with E-state index >= 15 is 0 Å². The summed E-state index contributed by atoms with van der Waals surface area (Å²) < 4.78 is 0. The fourth-order valence-corrected chi connectivity index (χ4v) is 1.50. The lowest BCUT2D eigenvalue weighted by Gasteiger charge is -2.15. The maximum Gasteiger partial charge on any atom is 0.326 e. The summed E-state index contributed by atoms with van der Waals surface area (Å²) in [7, 11) is 0. The van der Waals surface area contributed by atoms with Gasteiger partial charge in [0.25, 0.3) is 0 Å². The van der Waals surface area contributed by atoms with E-state index in [1.54, 1.807) is 6.92 Å². The lowest BCUT2D eigenvalue weighted by Crippen LogP contribution is -2.47. The van der Waals surface area contributed by atoms with E-state index < -0.39 is 18.0 Å². The molecule has 1 atom stereocenters. The predicted molar refractivity (Wildman–Crippen MR) is 67.1 cm³/mol. The van der Waals surface area contributed by atoms with Crippen molar-refractivity contribution in [3.05, 3.63) is 23.8 Å². The van der Waals surface area contributed by atoms with Crippen molar-refractivity contribution in [1.29, 1.82) is 0 Å². The van der Waals surface area contributed by atoms with Crippen molar-refractivity contribution in [1.82, 2.24) is 10.6 Å². The van der Waals surface area contributed by atoms with E-state index in [1.807, 2.05) is 0 Å². The molecule has 19 heavy (non-hydrogen) atoms. The highest BCUT2D eigenvalue weighted by molar-refractivity contribution is 5.82. The molecule has 1 aromatic carbocycles. The Morgan fingerprint density at radius 2 is 1.95 bits per heavy atom. The predicted octanol–water partition coefficient (Wildman–Crippen LogP) is 0.413. The van der Waals surface area contributed by atoms with Crippen LogP contribution >= 0.6 is 0 Å². The SMILES string of the molecule is CCNC(=O)NC(Cc1ccc(O)c(O)c1)C(=O)O. The molecular formula is C12H16N2O5. The molecule has 0 aliphatic rings. The molecule has 2 amide bonds. The number of carbonyl (C=O) groups excluding carboxylic acids is 1. The van der Waals surface area contributed by atoms with Crippen molar-refractivity contribution in [3.8, 4) is 11.5 Å². The van der Waals surface area contributed by atoms with Crippen molar-refractivity contribution in [3.63, 3.8) is 0 Å². The van der Waals surface area contributed by atoms with Crippen LogP contribution in [0.1, 0.15) is 12.5 Å². The van der Waals surface area contributed by atoms with Crippen LogP contribution in [0.3, 0.4) is 0 Å². The van der Waals surface area contributed by atoms with Crippen molar-refractivity contribution in [2.75, 3.05) is 6.54 Å². The van der Waals surface area contributed by atoms with Gasteiger partial charge >= 0.3 is 12.0 Å². The minimum absolute atomic E-state index is 0.000305. The zero-order chi connectivity index (χ0) is 14.4. The van der Waals surface area contributed by atoms with E-state index in [4.69, 9.17) is 10.2 Å². The van der Waals surface area contributed by atoms with Gasteiger partial charge in [0.15, 0.2) is 11.5 Å². The van der Waals surface area contributed by atoms with Gasteiger partial charge in [-0.25, -0.2) is 9.59 Å². The van der Waals surface area contributed by atoms with E-state index in [9.17, 15) is 14.7 Å². The van der Waals surface area contributed by atoms with Gasteiger partial charge in [0.1, 0.15) is 6.04 Å². The van der Waals surface area contributed by atoms with Gasteiger partial charge in [0.05, 0.1) is 0 Å². The molecule has 7 heteroatoms. The summed E-state index contributed by atoms with van der Waals surface area (Å²) in [4.78, 5) is 22.3. The molecule has 0 bridgehead atoms. The van der Waals surface area contributed by atoms with Gasteiger partial charge in [0.2, 0.25) is 0 Å². The summed E-state index contributed by atoms with van der Waals surface area (Å²) in [6, 6.07) is 2.30. The molecule has 0 aliphatic carbocycles. The minimum Gasteiger partial charge on any atom is -0.504 e. The number of phenolic OH excluding ortho intramolecular Hbond substituents is 2. The van der Waals surface area contributed by atoms with Gasteiger partial charge in [-0.3, -0.25) is 0 Å². The Labute approximate surface area is 109 Å². The Morgan fingerprint density at radius 3 is 2.47 bits per heavy atom. The number of rotatable bonds is 5. The number of urea groups is 1. The maximum atomic E-state index is 11.3. The maximum absolute atomic E-state index is 11.3. The number of hydrogen-bond donors (Lipinski definition) is 5. The lowest BCUT2D eigenvalue weighted by molar-refractivity contribution is -0.139. The number of hydrogen-bond acceptors (Lipinski definition) is 4. The average molecular weight is 268 g/mol. The molecule has 0 fully saturated rings. The Morgan fingerprint density at radius 1 is 1.26 bits per heavy atom. The first kappa shape index (κ1) is 14.6. The molecule has 0 heterocycles. The molecule has 0 aromatic heterocycles. The first-order valence-electron chi connectivity index (χ1n) is 5.72. The number of nitrogens with one attached hydrogen (secondary N) is 2. The van der Waals surface area contributed by atoms with Crippen LogP contribution in [0.4, 0.5) is 4.79 Å². The molecule has 0 spiro atoms. The van der Waals surface area contributed by atoms with Crippen LogP contribution in [-0.4, -0.2) is 39.9 Å². The van der Waals surface area contributed by atoms with Crippen LogP contribution in [-0.2, 0) is 11.2 Å². The Bertz CT molecular complexity index is 475. The monoisotopic (exact) mass is 268 g/mol. The number of amides is 2. The van der Waals surface area contributed by atoms with Crippen LogP contribution in [0.15, 0.2) is 18.2 Å². The molecule has 0 aliphatic heterocycles. The van der Waals surface area contributed by atoms with Crippen LogP contribution in [0.2, 0.25) is 0 Å². The molecule has 1 unspecified atom stereocenters. The second kappa shape index (κ2) is 6.48. The molecule has 0 saturated carbocycles. The quantitative estimate of drug-likeness (QED) is 0.496. The Balaban J connectivity index is 2.75. The lowest BCUT2D eigenvalue weighted by atomic mass is 10.1. The summed E-state index contributed by atoms with van der Waals surface area (Å²) >= 11 is 0. The third-order valence-corrected chi connectivity index (χ3v) is 2.42. The van der Waals surface area contributed by atoms with Gasteiger partial charge in [-0.1, -0.05) is 6.07 Å². The van der Waals surface area contributed by atoms with Crippen LogP contribution in [0.25, 0.3) is 0 Å². The third kappa shape index (κ3) is 4.38. The number of benzene rings is 1. The van der Waals surface area contributed by atoms with Crippen molar-refractivity contribution in [2.45, 2.75) is 19.4 Å². The number of aliphatic carboxylic acids is 1. The normalized spacial score (nSPS) is 11.6. The summed E-state index contributed by atoms with van der Waals surface area (Å²) in [5.41, 5.74) is 0.486. The zero-order valence-electron chi connectivity index (χ0n) is 10.4. The fourth-order valence-electron chi connectivity index (χ4n) is 1.50. The highest BCUT2D eigenvalue weighted by atomic mass is 16.4. The highest BCUT2D eigenvalue weighted by Gasteiger charge is 2.20. The molecule has 5 N–H and O–H groups in total. The smallest absolute Gasteiger partial charge is 0.326 e. The van der Waals surface area contributed by atoms with E-state index in [0.717, 1.165) is 0 Å². The number of carboxylic acid groups (broad SMARTS) is 1. The van der Waals surface area contributed by atoms with Gasteiger partial charge in [0, 0.05) is 13.0 Å². The molecule has 7 nitrogen and oxygen atoms in total. The van der Waals surface area contributed by atoms with Crippen LogP contribution in [0.5, 0.6) is 11.5 Å². The van der Waals surface area contributed by atoms with E-state index in [0.29, 0.717) is 12.1 Å². The third-order valence-electron chi connectivity index (χ3n) is 2.42. The van der Waals surface area contributed by atoms with Crippen molar-refractivity contribution < 1.29 is 24.9 Å². The van der Waals surface area contributed by atoms with Gasteiger partial charge in [-0.2, -0.15) is 0 Å². The molecule has 1 rings (SSSR count). The zero-order valence-corrected chi connectivity index (χ0v) is 10.4. The van der Waals surface area contributed by atoms with Gasteiger partial charge in [-0.15, -0.1) is 0 Å². The standard InChI is InChI=1S/C12H16N2O5/c1-2-13-12(19)14-8(11(17)18)5-7-3-4-9(15)10(16)6-7/h3-4,6,8,15-16H,2,5H2,1H3,(H,17,18)(H2,13,14,19). The van der Waals surface area contributed by atoms with Gasteiger partial charge in [-0.05, 0) is 24.6 Å². The first-order chi connectivity index (χ1) is 8.93. The molecule has 1 aromatic rings.